The van der Waals surface area contributed by atoms with E-state index in [1.54, 1.807) is 0 Å². The maximum absolute atomic E-state index is 6.02. The Kier molecular flexibility index (Phi) is 1.52. The third kappa shape index (κ3) is 0.798. The minimum atomic E-state index is 0.503. The second kappa shape index (κ2) is 2.20. The van der Waals surface area contributed by atoms with Crippen LogP contribution in [0.15, 0.2) is 0 Å². The molecule has 2 rings (SSSR count). The summed E-state index contributed by atoms with van der Waals surface area (Å²) in [4.78, 5) is 2.35. The molecule has 0 radical (unpaired) electrons. The minimum absolute atomic E-state index is 0.503. The first-order valence-corrected chi connectivity index (χ1v) is 4.59. The molecule has 1 spiro atoms. The number of rotatable bonds is 1. The van der Waals surface area contributed by atoms with Crippen molar-refractivity contribution >= 4 is 0 Å². The molecule has 0 heterocycles. The first-order valence-electron chi connectivity index (χ1n) is 4.59. The quantitative estimate of drug-likeness (QED) is 0.606. The van der Waals surface area contributed by atoms with Crippen molar-refractivity contribution in [3.05, 3.63) is 0 Å². The van der Waals surface area contributed by atoms with Crippen LogP contribution >= 0.6 is 0 Å². The van der Waals surface area contributed by atoms with E-state index in [0.717, 1.165) is 6.04 Å². The highest BCUT2D eigenvalue weighted by molar-refractivity contribution is 5.13. The second-order valence-corrected chi connectivity index (χ2v) is 4.41. The van der Waals surface area contributed by atoms with Gasteiger partial charge >= 0.3 is 0 Å². The van der Waals surface area contributed by atoms with Crippen LogP contribution in [0.2, 0.25) is 0 Å². The highest BCUT2D eigenvalue weighted by Crippen LogP contribution is 2.56. The van der Waals surface area contributed by atoms with Crippen molar-refractivity contribution in [3.8, 4) is 0 Å². The lowest BCUT2D eigenvalue weighted by atomic mass is 9.50. The smallest absolute Gasteiger partial charge is 0.0175 e. The number of nitrogens with zero attached hydrogens (tertiary/aromatic N) is 1. The van der Waals surface area contributed by atoms with Gasteiger partial charge in [-0.3, -0.25) is 0 Å². The van der Waals surface area contributed by atoms with Crippen molar-refractivity contribution in [1.29, 1.82) is 0 Å². The first kappa shape index (κ1) is 7.56. The van der Waals surface area contributed by atoms with Crippen molar-refractivity contribution in [2.75, 3.05) is 14.1 Å². The molecule has 11 heavy (non-hydrogen) atoms. The van der Waals surface area contributed by atoms with Gasteiger partial charge in [0.15, 0.2) is 0 Å². The Hall–Kier alpha value is -0.0800. The Morgan fingerprint density at radius 1 is 1.36 bits per heavy atom. The van der Waals surface area contributed by atoms with E-state index in [1.807, 2.05) is 0 Å². The molecule has 0 aromatic rings. The van der Waals surface area contributed by atoms with Crippen LogP contribution < -0.4 is 5.73 Å². The molecule has 2 nitrogen and oxygen atoms in total. The van der Waals surface area contributed by atoms with Crippen LogP contribution in [0, 0.1) is 5.41 Å². The maximum Gasteiger partial charge on any atom is 0.0175 e. The molecule has 0 aromatic heterocycles. The molecule has 0 aromatic carbocycles. The molecule has 64 valence electrons. The third-order valence-electron chi connectivity index (χ3n) is 3.79. The SMILES string of the molecule is CN(C)[C@H]1C[C@H](N)C12CCC2. The highest BCUT2D eigenvalue weighted by atomic mass is 15.1. The Morgan fingerprint density at radius 3 is 2.18 bits per heavy atom. The zero-order chi connectivity index (χ0) is 8.06. The Morgan fingerprint density at radius 2 is 2.00 bits per heavy atom. The molecule has 2 atom stereocenters. The van der Waals surface area contributed by atoms with Gasteiger partial charge in [0.1, 0.15) is 0 Å². The summed E-state index contributed by atoms with van der Waals surface area (Å²) in [7, 11) is 4.35. The lowest BCUT2D eigenvalue weighted by Gasteiger charge is -2.62. The fourth-order valence-corrected chi connectivity index (χ4v) is 2.81. The fourth-order valence-electron chi connectivity index (χ4n) is 2.81. The van der Waals surface area contributed by atoms with Crippen LogP contribution in [0.25, 0.3) is 0 Å². The van der Waals surface area contributed by atoms with Crippen LogP contribution in [0.3, 0.4) is 0 Å². The van der Waals surface area contributed by atoms with Crippen molar-refractivity contribution in [1.82, 2.24) is 4.90 Å². The second-order valence-electron chi connectivity index (χ2n) is 4.41. The number of hydrogen-bond acceptors (Lipinski definition) is 2. The summed E-state index contributed by atoms with van der Waals surface area (Å²) in [5.74, 6) is 0. The van der Waals surface area contributed by atoms with Crippen LogP contribution in [-0.2, 0) is 0 Å². The van der Waals surface area contributed by atoms with E-state index in [0.29, 0.717) is 11.5 Å². The standard InChI is InChI=1S/C9H18N2/c1-11(2)8-6-7(10)9(8)4-3-5-9/h7-8H,3-6,10H2,1-2H3/t7-,8-/m0/s1. The summed E-state index contributed by atoms with van der Waals surface area (Å²) in [6.45, 7) is 0. The average molecular weight is 154 g/mol. The van der Waals surface area contributed by atoms with Gasteiger partial charge < -0.3 is 10.6 Å². The van der Waals surface area contributed by atoms with Gasteiger partial charge in [0.05, 0.1) is 0 Å². The van der Waals surface area contributed by atoms with E-state index < -0.39 is 0 Å². The average Bonchev–Trinajstić information content (AvgIpc) is 1.78. The summed E-state index contributed by atoms with van der Waals surface area (Å²) >= 11 is 0. The van der Waals surface area contributed by atoms with Gasteiger partial charge in [0.25, 0.3) is 0 Å². The van der Waals surface area contributed by atoms with Crippen molar-refractivity contribution in [3.63, 3.8) is 0 Å². The first-order chi connectivity index (χ1) is 5.17. The fraction of sp³-hybridized carbons (Fsp3) is 1.00. The summed E-state index contributed by atoms with van der Waals surface area (Å²) < 4.78 is 0. The van der Waals surface area contributed by atoms with Crippen LogP contribution in [-0.4, -0.2) is 31.1 Å². The Balaban J connectivity index is 2.05. The van der Waals surface area contributed by atoms with Gasteiger partial charge in [-0.05, 0) is 33.4 Å². The van der Waals surface area contributed by atoms with Crippen molar-refractivity contribution in [2.45, 2.75) is 37.8 Å². The molecule has 0 bridgehead atoms. The summed E-state index contributed by atoms with van der Waals surface area (Å²) in [6.07, 6.45) is 5.36. The largest absolute Gasteiger partial charge is 0.327 e. The van der Waals surface area contributed by atoms with Crippen LogP contribution in [0.5, 0.6) is 0 Å². The molecule has 2 aliphatic rings. The van der Waals surface area contributed by atoms with Crippen LogP contribution in [0.4, 0.5) is 0 Å². The van der Waals surface area contributed by atoms with Gasteiger partial charge in [-0.15, -0.1) is 0 Å². The van der Waals surface area contributed by atoms with Gasteiger partial charge in [0, 0.05) is 17.5 Å². The van der Waals surface area contributed by atoms with Gasteiger partial charge in [0.2, 0.25) is 0 Å². The number of nitrogens with two attached hydrogens (primary N) is 1. The minimum Gasteiger partial charge on any atom is -0.327 e. The van der Waals surface area contributed by atoms with E-state index >= 15 is 0 Å². The highest BCUT2D eigenvalue weighted by Gasteiger charge is 2.57. The topological polar surface area (TPSA) is 29.3 Å². The lowest BCUT2D eigenvalue weighted by Crippen LogP contribution is -2.68. The molecule has 2 N–H and O–H groups in total. The zero-order valence-electron chi connectivity index (χ0n) is 7.51. The summed E-state index contributed by atoms with van der Waals surface area (Å²) in [5.41, 5.74) is 6.57. The summed E-state index contributed by atoms with van der Waals surface area (Å²) in [6, 6.07) is 1.29. The Bertz CT molecular complexity index is 161. The molecule has 0 unspecified atom stereocenters. The van der Waals surface area contributed by atoms with Crippen molar-refractivity contribution < 1.29 is 0 Å². The molecule has 2 saturated carbocycles. The van der Waals surface area contributed by atoms with Gasteiger partial charge in [-0.1, -0.05) is 6.42 Å². The lowest BCUT2D eigenvalue weighted by molar-refractivity contribution is -0.0861. The van der Waals surface area contributed by atoms with Crippen LogP contribution in [0.1, 0.15) is 25.7 Å². The third-order valence-corrected chi connectivity index (χ3v) is 3.79. The maximum atomic E-state index is 6.02. The van der Waals surface area contributed by atoms with E-state index in [1.165, 1.54) is 25.7 Å². The van der Waals surface area contributed by atoms with E-state index in [4.69, 9.17) is 5.73 Å². The van der Waals surface area contributed by atoms with Gasteiger partial charge in [-0.25, -0.2) is 0 Å². The molecule has 2 heteroatoms. The molecule has 2 aliphatic carbocycles. The predicted molar refractivity (Wildman–Crippen MR) is 46.4 cm³/mol. The molecule has 0 saturated heterocycles. The Labute approximate surface area is 68.7 Å². The number of hydrogen-bond donors (Lipinski definition) is 1. The van der Waals surface area contributed by atoms with Gasteiger partial charge in [-0.2, -0.15) is 0 Å². The monoisotopic (exact) mass is 154 g/mol. The molecule has 0 aliphatic heterocycles. The normalized spacial score (nSPS) is 40.4. The molecular formula is C9H18N2. The van der Waals surface area contributed by atoms with E-state index in [2.05, 4.69) is 19.0 Å². The molecule has 0 amide bonds. The van der Waals surface area contributed by atoms with E-state index in [-0.39, 0.29) is 0 Å². The molecule has 2 fully saturated rings. The molecular weight excluding hydrogens is 136 g/mol. The van der Waals surface area contributed by atoms with Crippen molar-refractivity contribution in [2.24, 2.45) is 11.1 Å². The predicted octanol–water partition coefficient (Wildman–Crippen LogP) is 0.818. The zero-order valence-corrected chi connectivity index (χ0v) is 7.51. The van der Waals surface area contributed by atoms with E-state index in [9.17, 15) is 0 Å². The summed E-state index contributed by atoms with van der Waals surface area (Å²) in [5, 5.41) is 0.